The van der Waals surface area contributed by atoms with Gasteiger partial charge in [0, 0.05) is 0 Å². The molecule has 18 heavy (non-hydrogen) atoms. The van der Waals surface area contributed by atoms with Crippen molar-refractivity contribution in [1.82, 2.24) is 4.98 Å². The number of nitrogens with zero attached hydrogens (tertiary/aromatic N) is 1. The first kappa shape index (κ1) is 13.1. The molecule has 0 amide bonds. The molecule has 0 bridgehead atoms. The third-order valence-electron chi connectivity index (χ3n) is 2.45. The van der Waals surface area contributed by atoms with Crippen LogP contribution >= 0.6 is 22.9 Å². The Labute approximate surface area is 114 Å². The predicted molar refractivity (Wildman–Crippen MR) is 73.1 cm³/mol. The van der Waals surface area contributed by atoms with Crippen LogP contribution in [0.5, 0.6) is 10.9 Å². The second kappa shape index (κ2) is 5.50. The number of ether oxygens (including phenoxy) is 1. The van der Waals surface area contributed by atoms with E-state index in [2.05, 4.69) is 18.8 Å². The maximum Gasteiger partial charge on any atom is 0.280 e. The normalized spacial score (nSPS) is 10.7. The minimum absolute atomic E-state index is 0.184. The van der Waals surface area contributed by atoms with Gasteiger partial charge in [-0.25, -0.2) is 0 Å². The summed E-state index contributed by atoms with van der Waals surface area (Å²) in [5, 5.41) is 0.559. The molecule has 0 saturated carbocycles. The Morgan fingerprint density at radius 3 is 2.50 bits per heavy atom. The molecule has 3 nitrogen and oxygen atoms in total. The molecule has 5 heteroatoms. The van der Waals surface area contributed by atoms with E-state index < -0.39 is 0 Å². The molecular formula is C13H12ClNO2S. The zero-order valence-electron chi connectivity index (χ0n) is 10.0. The average Bonchev–Trinajstić information content (AvgIpc) is 2.70. The highest BCUT2D eigenvalue weighted by atomic mass is 35.5. The van der Waals surface area contributed by atoms with E-state index in [1.807, 2.05) is 24.3 Å². The molecule has 0 saturated heterocycles. The third kappa shape index (κ3) is 2.89. The largest absolute Gasteiger partial charge is 0.431 e. The number of hydrogen-bond donors (Lipinski definition) is 0. The molecule has 1 aromatic heterocycles. The minimum atomic E-state index is 0.184. The van der Waals surface area contributed by atoms with Crippen LogP contribution in [0.25, 0.3) is 0 Å². The number of rotatable bonds is 4. The highest BCUT2D eigenvalue weighted by Gasteiger charge is 2.10. The van der Waals surface area contributed by atoms with Gasteiger partial charge in [0.1, 0.15) is 10.6 Å². The molecule has 94 valence electrons. The van der Waals surface area contributed by atoms with Crippen LogP contribution in [0.3, 0.4) is 0 Å². The lowest BCUT2D eigenvalue weighted by Gasteiger charge is -2.06. The molecule has 0 atom stereocenters. The Morgan fingerprint density at radius 1 is 1.33 bits per heavy atom. The number of benzene rings is 1. The van der Waals surface area contributed by atoms with Crippen LogP contribution in [0.15, 0.2) is 24.3 Å². The fourth-order valence-corrected chi connectivity index (χ4v) is 2.36. The summed E-state index contributed by atoms with van der Waals surface area (Å²) in [6.45, 7) is 4.26. The van der Waals surface area contributed by atoms with Gasteiger partial charge >= 0.3 is 0 Å². The topological polar surface area (TPSA) is 39.2 Å². The Bertz CT molecular complexity index is 549. The van der Waals surface area contributed by atoms with Crippen molar-refractivity contribution in [1.29, 1.82) is 0 Å². The maximum absolute atomic E-state index is 10.6. The van der Waals surface area contributed by atoms with Gasteiger partial charge in [0.25, 0.3) is 5.19 Å². The van der Waals surface area contributed by atoms with Crippen molar-refractivity contribution < 1.29 is 9.53 Å². The first-order chi connectivity index (χ1) is 8.60. The van der Waals surface area contributed by atoms with Crippen molar-refractivity contribution in [3.8, 4) is 10.9 Å². The summed E-state index contributed by atoms with van der Waals surface area (Å²) in [5.74, 6) is 1.16. The van der Waals surface area contributed by atoms with Crippen LogP contribution < -0.4 is 4.74 Å². The van der Waals surface area contributed by atoms with Crippen LogP contribution in [0, 0.1) is 0 Å². The Hall–Kier alpha value is -1.39. The quantitative estimate of drug-likeness (QED) is 0.773. The molecular weight excluding hydrogens is 270 g/mol. The monoisotopic (exact) mass is 281 g/mol. The zero-order chi connectivity index (χ0) is 13.1. The van der Waals surface area contributed by atoms with Crippen molar-refractivity contribution in [2.75, 3.05) is 0 Å². The van der Waals surface area contributed by atoms with Gasteiger partial charge in [0.05, 0.1) is 0 Å². The van der Waals surface area contributed by atoms with Gasteiger partial charge in [-0.05, 0) is 23.6 Å². The minimum Gasteiger partial charge on any atom is -0.431 e. The van der Waals surface area contributed by atoms with Crippen LogP contribution in [-0.2, 0) is 0 Å². The van der Waals surface area contributed by atoms with Crippen molar-refractivity contribution in [2.45, 2.75) is 19.8 Å². The van der Waals surface area contributed by atoms with E-state index in [0.717, 1.165) is 11.3 Å². The molecule has 0 aliphatic heterocycles. The highest BCUT2D eigenvalue weighted by molar-refractivity contribution is 7.15. The molecule has 0 radical (unpaired) electrons. The SMILES string of the molecule is CC(C)c1ccc(Oc2nc(Cl)c(C=O)s2)cc1. The Balaban J connectivity index is 2.15. The zero-order valence-corrected chi connectivity index (χ0v) is 11.6. The molecule has 0 aliphatic rings. The molecule has 0 aliphatic carbocycles. The molecule has 1 aromatic carbocycles. The van der Waals surface area contributed by atoms with Gasteiger partial charge in [0.15, 0.2) is 11.4 Å². The second-order valence-electron chi connectivity index (χ2n) is 4.08. The van der Waals surface area contributed by atoms with E-state index in [4.69, 9.17) is 16.3 Å². The summed E-state index contributed by atoms with van der Waals surface area (Å²) < 4.78 is 5.54. The van der Waals surface area contributed by atoms with Crippen molar-refractivity contribution in [2.24, 2.45) is 0 Å². The van der Waals surface area contributed by atoms with Crippen LogP contribution in [0.4, 0.5) is 0 Å². The van der Waals surface area contributed by atoms with Gasteiger partial charge in [-0.2, -0.15) is 4.98 Å². The molecule has 1 heterocycles. The summed E-state index contributed by atoms with van der Waals surface area (Å²) in [7, 11) is 0. The van der Waals surface area contributed by atoms with Crippen LogP contribution in [-0.4, -0.2) is 11.3 Å². The standard InChI is InChI=1S/C13H12ClNO2S/c1-8(2)9-3-5-10(6-4-9)17-13-15-12(14)11(7-16)18-13/h3-8H,1-2H3. The van der Waals surface area contributed by atoms with Crippen molar-refractivity contribution >= 4 is 29.2 Å². The Kier molecular flexibility index (Phi) is 3.99. The summed E-state index contributed by atoms with van der Waals surface area (Å²) >= 11 is 6.90. The summed E-state index contributed by atoms with van der Waals surface area (Å²) in [5.41, 5.74) is 1.24. The predicted octanol–water partition coefficient (Wildman–Crippen LogP) is 4.52. The number of aromatic nitrogens is 1. The lowest BCUT2D eigenvalue weighted by molar-refractivity contribution is 0.112. The van der Waals surface area contributed by atoms with Crippen LogP contribution in [0.1, 0.15) is 35.0 Å². The number of aldehydes is 1. The summed E-state index contributed by atoms with van der Waals surface area (Å²) in [4.78, 5) is 15.0. The van der Waals surface area contributed by atoms with E-state index in [9.17, 15) is 4.79 Å². The molecule has 0 fully saturated rings. The number of halogens is 1. The van der Waals surface area contributed by atoms with Gasteiger partial charge < -0.3 is 4.74 Å². The molecule has 0 N–H and O–H groups in total. The lowest BCUT2D eigenvalue weighted by Crippen LogP contribution is -1.87. The summed E-state index contributed by atoms with van der Waals surface area (Å²) in [6.07, 6.45) is 0.675. The fourth-order valence-electron chi connectivity index (χ4n) is 1.43. The second-order valence-corrected chi connectivity index (χ2v) is 5.43. The van der Waals surface area contributed by atoms with E-state index in [-0.39, 0.29) is 5.15 Å². The average molecular weight is 282 g/mol. The third-order valence-corrected chi connectivity index (χ3v) is 3.71. The maximum atomic E-state index is 10.6. The first-order valence-corrected chi connectivity index (χ1v) is 6.69. The highest BCUT2D eigenvalue weighted by Crippen LogP contribution is 2.31. The fraction of sp³-hybridized carbons (Fsp3) is 0.231. The van der Waals surface area contributed by atoms with E-state index in [1.165, 1.54) is 5.56 Å². The number of thiazole rings is 1. The number of carbonyl (C=O) groups excluding carboxylic acids is 1. The van der Waals surface area contributed by atoms with Gasteiger partial charge in [-0.1, -0.05) is 48.9 Å². The van der Waals surface area contributed by atoms with Gasteiger partial charge in [-0.3, -0.25) is 4.79 Å². The summed E-state index contributed by atoms with van der Waals surface area (Å²) in [6, 6.07) is 7.78. The van der Waals surface area contributed by atoms with Gasteiger partial charge in [0.2, 0.25) is 0 Å². The van der Waals surface area contributed by atoms with Crippen molar-refractivity contribution in [3.05, 3.63) is 39.9 Å². The molecule has 2 aromatic rings. The lowest BCUT2D eigenvalue weighted by atomic mass is 10.0. The van der Waals surface area contributed by atoms with E-state index >= 15 is 0 Å². The number of carbonyl (C=O) groups is 1. The van der Waals surface area contributed by atoms with Crippen molar-refractivity contribution in [3.63, 3.8) is 0 Å². The van der Waals surface area contributed by atoms with Gasteiger partial charge in [-0.15, -0.1) is 0 Å². The Morgan fingerprint density at radius 2 is 2.00 bits per heavy atom. The smallest absolute Gasteiger partial charge is 0.280 e. The van der Waals surface area contributed by atoms with E-state index in [1.54, 1.807) is 0 Å². The molecule has 2 rings (SSSR count). The first-order valence-electron chi connectivity index (χ1n) is 5.49. The number of hydrogen-bond acceptors (Lipinski definition) is 4. The van der Waals surface area contributed by atoms with Crippen LogP contribution in [0.2, 0.25) is 5.15 Å². The molecule has 0 spiro atoms. The molecule has 0 unspecified atom stereocenters. The van der Waals surface area contributed by atoms with E-state index in [0.29, 0.717) is 28.0 Å².